The van der Waals surface area contributed by atoms with Gasteiger partial charge in [-0.25, -0.2) is 14.5 Å². The van der Waals surface area contributed by atoms with E-state index in [1.165, 1.54) is 46.7 Å². The molecule has 2 unspecified atom stereocenters. The van der Waals surface area contributed by atoms with E-state index in [0.717, 1.165) is 37.8 Å². The van der Waals surface area contributed by atoms with E-state index >= 15 is 0 Å². The van der Waals surface area contributed by atoms with Crippen LogP contribution in [0.1, 0.15) is 103 Å². The van der Waals surface area contributed by atoms with E-state index in [1.807, 2.05) is 12.1 Å². The molecule has 2 atom stereocenters. The predicted octanol–water partition coefficient (Wildman–Crippen LogP) is 7.70. The molecule has 238 valence electrons. The molecule has 0 bridgehead atoms. The Morgan fingerprint density at radius 1 is 0.778 bits per heavy atom. The van der Waals surface area contributed by atoms with Crippen LogP contribution in [-0.4, -0.2) is 66.0 Å². The molecule has 3 amide bonds. The van der Waals surface area contributed by atoms with Crippen LogP contribution in [-0.2, 0) is 10.8 Å². The molecule has 0 radical (unpaired) electrons. The number of carboxylic acid groups (broad SMARTS) is 1. The quantitative estimate of drug-likeness (QED) is 0.238. The highest BCUT2D eigenvalue weighted by Crippen LogP contribution is 2.47. The summed E-state index contributed by atoms with van der Waals surface area (Å²) in [5.74, 6) is -0.946. The Balaban J connectivity index is 1.31. The van der Waals surface area contributed by atoms with Crippen molar-refractivity contribution in [1.82, 2.24) is 9.80 Å². The van der Waals surface area contributed by atoms with Gasteiger partial charge in [0.05, 0.1) is 11.3 Å². The van der Waals surface area contributed by atoms with Crippen LogP contribution in [0.5, 0.6) is 0 Å². The molecule has 1 N–H and O–H groups in total. The Kier molecular flexibility index (Phi) is 9.22. The number of nitrogens with zero attached hydrogens (tertiary/aromatic N) is 3. The second-order valence-corrected chi connectivity index (χ2v) is 14.2. The molecular weight excluding hydrogens is 562 g/mol. The van der Waals surface area contributed by atoms with Gasteiger partial charge in [0.25, 0.3) is 5.91 Å². The largest absolute Gasteiger partial charge is 0.478 e. The first-order chi connectivity index (χ1) is 21.3. The van der Waals surface area contributed by atoms with Crippen molar-refractivity contribution in [3.05, 3.63) is 101 Å². The average Bonchev–Trinajstić information content (AvgIpc) is 3.83. The lowest BCUT2D eigenvalue weighted by atomic mass is 9.63. The summed E-state index contributed by atoms with van der Waals surface area (Å²) >= 11 is 0. The Hall–Kier alpha value is -3.97. The molecule has 5 rings (SSSR count). The van der Waals surface area contributed by atoms with E-state index in [1.54, 1.807) is 11.9 Å². The van der Waals surface area contributed by atoms with E-state index in [9.17, 15) is 19.5 Å². The average molecular weight is 610 g/mol. The number of carbonyl (C=O) groups is 3. The van der Waals surface area contributed by atoms with Crippen LogP contribution in [0.25, 0.3) is 0 Å². The number of hydrogen-bond acceptors (Lipinski definition) is 4. The first-order valence-corrected chi connectivity index (χ1v) is 16.1. The van der Waals surface area contributed by atoms with Crippen molar-refractivity contribution in [2.24, 2.45) is 0 Å². The Morgan fingerprint density at radius 2 is 1.38 bits per heavy atom. The van der Waals surface area contributed by atoms with Gasteiger partial charge < -0.3 is 14.9 Å². The van der Waals surface area contributed by atoms with Gasteiger partial charge in [0, 0.05) is 31.1 Å². The van der Waals surface area contributed by atoms with E-state index < -0.39 is 17.9 Å². The number of hydrogen-bond donors (Lipinski definition) is 1. The number of imide groups is 1. The first-order valence-electron chi connectivity index (χ1n) is 16.1. The summed E-state index contributed by atoms with van der Waals surface area (Å²) in [7, 11) is 3.93. The molecule has 1 fully saturated rings. The second-order valence-electron chi connectivity index (χ2n) is 14.2. The summed E-state index contributed by atoms with van der Waals surface area (Å²) in [6.07, 6.45) is 5.01. The third-order valence-corrected chi connectivity index (χ3v) is 10.00. The molecule has 0 aromatic heterocycles. The summed E-state index contributed by atoms with van der Waals surface area (Å²) < 4.78 is 0. The van der Waals surface area contributed by atoms with Crippen LogP contribution in [0.4, 0.5) is 10.5 Å². The van der Waals surface area contributed by atoms with Gasteiger partial charge in [-0.3, -0.25) is 4.79 Å². The number of urea groups is 1. The molecular formula is C38H47N3O4. The zero-order chi connectivity index (χ0) is 32.5. The van der Waals surface area contributed by atoms with Crippen LogP contribution in [0.15, 0.2) is 72.8 Å². The number of carbonyl (C=O) groups excluding carboxylic acids is 2. The van der Waals surface area contributed by atoms with Crippen molar-refractivity contribution in [3.63, 3.8) is 0 Å². The SMILES string of the molecule is CN(CCCCN(C)C1CC1c1ccccc1)C(=O)N(C(=O)c1ccc(C(=O)O)cc1)c1ccc2c(c1)C(C)(C)CCC2(C)C. The van der Waals surface area contributed by atoms with Crippen LogP contribution in [0.3, 0.4) is 0 Å². The number of fused-ring (bicyclic) bond motifs is 1. The molecule has 2 aliphatic rings. The summed E-state index contributed by atoms with van der Waals surface area (Å²) in [5.41, 5.74) is 4.59. The summed E-state index contributed by atoms with van der Waals surface area (Å²) in [6, 6.07) is 22.6. The van der Waals surface area contributed by atoms with Crippen LogP contribution in [0, 0.1) is 0 Å². The first kappa shape index (κ1) is 32.4. The lowest BCUT2D eigenvalue weighted by Crippen LogP contribution is -2.45. The van der Waals surface area contributed by atoms with E-state index in [2.05, 4.69) is 76.0 Å². The van der Waals surface area contributed by atoms with E-state index in [0.29, 0.717) is 24.2 Å². The van der Waals surface area contributed by atoms with Crippen LogP contribution < -0.4 is 4.90 Å². The number of rotatable bonds is 10. The fourth-order valence-electron chi connectivity index (χ4n) is 6.78. The predicted molar refractivity (Wildman–Crippen MR) is 179 cm³/mol. The maximum atomic E-state index is 14.1. The second kappa shape index (κ2) is 12.8. The summed E-state index contributed by atoms with van der Waals surface area (Å²) in [5, 5.41) is 9.34. The third kappa shape index (κ3) is 6.99. The molecule has 1 saturated carbocycles. The monoisotopic (exact) mass is 609 g/mol. The number of carboxylic acids is 1. The maximum absolute atomic E-state index is 14.1. The van der Waals surface area contributed by atoms with Crippen molar-refractivity contribution in [3.8, 4) is 0 Å². The van der Waals surface area contributed by atoms with Crippen molar-refractivity contribution in [1.29, 1.82) is 0 Å². The van der Waals surface area contributed by atoms with Gasteiger partial charge in [0.15, 0.2) is 0 Å². The van der Waals surface area contributed by atoms with Crippen LogP contribution >= 0.6 is 0 Å². The lowest BCUT2D eigenvalue weighted by Gasteiger charge is -2.42. The maximum Gasteiger partial charge on any atom is 0.335 e. The van der Waals surface area contributed by atoms with Gasteiger partial charge >= 0.3 is 12.0 Å². The van der Waals surface area contributed by atoms with E-state index in [4.69, 9.17) is 0 Å². The van der Waals surface area contributed by atoms with Crippen molar-refractivity contribution >= 4 is 23.6 Å². The normalized spacial score (nSPS) is 19.4. The Labute approximate surface area is 267 Å². The van der Waals surface area contributed by atoms with Crippen molar-refractivity contribution < 1.29 is 19.5 Å². The van der Waals surface area contributed by atoms with E-state index in [-0.39, 0.29) is 22.0 Å². The smallest absolute Gasteiger partial charge is 0.335 e. The molecule has 0 heterocycles. The number of amides is 3. The highest BCUT2D eigenvalue weighted by atomic mass is 16.4. The standard InChI is InChI=1S/C38H47N3O4/c1-37(2)20-21-38(3,4)32-24-29(18-19-31(32)37)41(34(42)27-14-16-28(17-15-27)35(43)44)36(45)40(6)23-11-10-22-39(5)33-25-30(33)26-12-8-7-9-13-26/h7-9,12-19,24,30,33H,10-11,20-23,25H2,1-6H3,(H,43,44). The van der Waals surface area contributed by atoms with Gasteiger partial charge in [-0.05, 0) is 110 Å². The van der Waals surface area contributed by atoms with Gasteiger partial charge in [-0.1, -0.05) is 64.1 Å². The summed E-state index contributed by atoms with van der Waals surface area (Å²) in [6.45, 7) is 10.4. The number of anilines is 1. The Morgan fingerprint density at radius 3 is 2.02 bits per heavy atom. The fourth-order valence-corrected chi connectivity index (χ4v) is 6.78. The highest BCUT2D eigenvalue weighted by molar-refractivity contribution is 6.20. The third-order valence-electron chi connectivity index (χ3n) is 10.00. The molecule has 3 aromatic rings. The van der Waals surface area contributed by atoms with Gasteiger partial charge in [-0.15, -0.1) is 0 Å². The van der Waals surface area contributed by atoms with Crippen LogP contribution in [0.2, 0.25) is 0 Å². The van der Waals surface area contributed by atoms with Gasteiger partial charge in [0.2, 0.25) is 0 Å². The van der Waals surface area contributed by atoms with Crippen molar-refractivity contribution in [2.45, 2.75) is 82.6 Å². The lowest BCUT2D eigenvalue weighted by molar-refractivity contribution is 0.0696. The molecule has 0 aliphatic heterocycles. The molecule has 7 nitrogen and oxygen atoms in total. The zero-order valence-electron chi connectivity index (χ0n) is 27.5. The fraction of sp³-hybridized carbons (Fsp3) is 0.447. The molecule has 3 aromatic carbocycles. The molecule has 2 aliphatic carbocycles. The highest BCUT2D eigenvalue weighted by Gasteiger charge is 2.41. The minimum Gasteiger partial charge on any atom is -0.478 e. The zero-order valence-corrected chi connectivity index (χ0v) is 27.5. The topological polar surface area (TPSA) is 81.2 Å². The molecule has 0 spiro atoms. The van der Waals surface area contributed by atoms with Gasteiger partial charge in [-0.2, -0.15) is 0 Å². The molecule has 7 heteroatoms. The summed E-state index contributed by atoms with van der Waals surface area (Å²) in [4.78, 5) is 44.8. The van der Waals surface area contributed by atoms with Gasteiger partial charge in [0.1, 0.15) is 0 Å². The number of likely N-dealkylation sites (N-methyl/N-ethyl adjacent to an activating group) is 1. The number of aromatic carboxylic acids is 1. The minimum atomic E-state index is -1.07. The van der Waals surface area contributed by atoms with Crippen molar-refractivity contribution in [2.75, 3.05) is 32.1 Å². The minimum absolute atomic E-state index is 0.000423. The number of unbranched alkanes of at least 4 members (excludes halogenated alkanes) is 1. The number of benzene rings is 3. The molecule has 0 saturated heterocycles. The molecule has 45 heavy (non-hydrogen) atoms. The Bertz CT molecular complexity index is 1550.